The van der Waals surface area contributed by atoms with Crippen molar-refractivity contribution in [3.8, 4) is 5.75 Å². The molecule has 0 saturated carbocycles. The lowest BCUT2D eigenvalue weighted by atomic mass is 10.1. The van der Waals surface area contributed by atoms with Crippen molar-refractivity contribution in [3.63, 3.8) is 0 Å². The number of carboxylic acid groups (broad SMARTS) is 1. The Morgan fingerprint density at radius 2 is 2.28 bits per heavy atom. The largest absolute Gasteiger partial charge is 0.479 e. The summed E-state index contributed by atoms with van der Waals surface area (Å²) in [4.78, 5) is 15.2. The fourth-order valence-electron chi connectivity index (χ4n) is 1.72. The van der Waals surface area contributed by atoms with E-state index in [9.17, 15) is 4.79 Å². The number of aliphatic carboxylic acids is 1. The van der Waals surface area contributed by atoms with Gasteiger partial charge in [0, 0.05) is 13.1 Å². The van der Waals surface area contributed by atoms with Gasteiger partial charge in [-0.2, -0.15) is 0 Å². The van der Waals surface area contributed by atoms with Crippen LogP contribution in [0.25, 0.3) is 0 Å². The zero-order valence-corrected chi connectivity index (χ0v) is 10.2. The molecule has 0 spiro atoms. The molecule has 0 aromatic heterocycles. The molecule has 5 heteroatoms. The van der Waals surface area contributed by atoms with Crippen molar-refractivity contribution in [1.82, 2.24) is 5.32 Å². The zero-order valence-electron chi connectivity index (χ0n) is 10.2. The van der Waals surface area contributed by atoms with Crippen LogP contribution in [0.5, 0.6) is 5.75 Å². The first-order chi connectivity index (χ1) is 8.68. The highest BCUT2D eigenvalue weighted by atomic mass is 16.5. The van der Waals surface area contributed by atoms with Gasteiger partial charge in [-0.25, -0.2) is 4.79 Å². The van der Waals surface area contributed by atoms with Gasteiger partial charge in [-0.05, 0) is 25.5 Å². The lowest BCUT2D eigenvalue weighted by molar-refractivity contribution is -0.144. The van der Waals surface area contributed by atoms with Crippen LogP contribution in [0.4, 0.5) is 0 Å². The molecule has 18 heavy (non-hydrogen) atoms. The van der Waals surface area contributed by atoms with Crippen LogP contribution in [-0.2, 0) is 4.79 Å². The van der Waals surface area contributed by atoms with Crippen LogP contribution in [0.2, 0.25) is 0 Å². The molecule has 5 nitrogen and oxygen atoms in total. The van der Waals surface area contributed by atoms with Gasteiger partial charge in [-0.15, -0.1) is 0 Å². The van der Waals surface area contributed by atoms with E-state index in [1.807, 2.05) is 18.2 Å². The molecule has 2 rings (SSSR count). The van der Waals surface area contributed by atoms with Crippen LogP contribution < -0.4 is 10.1 Å². The SMILES string of the molecule is CC(Oc1ccccc1C1=NCCCN1)C(=O)O. The first kappa shape index (κ1) is 12.4. The minimum Gasteiger partial charge on any atom is -0.479 e. The number of amidine groups is 1. The number of hydrogen-bond acceptors (Lipinski definition) is 4. The van der Waals surface area contributed by atoms with E-state index in [1.54, 1.807) is 6.07 Å². The summed E-state index contributed by atoms with van der Waals surface area (Å²) in [6.45, 7) is 3.17. The van der Waals surface area contributed by atoms with E-state index >= 15 is 0 Å². The first-order valence-electron chi connectivity index (χ1n) is 5.95. The van der Waals surface area contributed by atoms with Gasteiger partial charge in [-0.3, -0.25) is 4.99 Å². The van der Waals surface area contributed by atoms with Gasteiger partial charge in [0.05, 0.1) is 5.56 Å². The molecule has 0 bridgehead atoms. The standard InChI is InChI=1S/C13H16N2O3/c1-9(13(16)17)18-11-6-3-2-5-10(11)12-14-7-4-8-15-12/h2-3,5-6,9H,4,7-8H2,1H3,(H,14,15)(H,16,17). The molecule has 0 aliphatic carbocycles. The Morgan fingerprint density at radius 3 is 2.94 bits per heavy atom. The number of benzene rings is 1. The maximum Gasteiger partial charge on any atom is 0.344 e. The Morgan fingerprint density at radius 1 is 1.50 bits per heavy atom. The Balaban J connectivity index is 2.25. The number of nitrogens with zero attached hydrogens (tertiary/aromatic N) is 1. The van der Waals surface area contributed by atoms with E-state index in [2.05, 4.69) is 10.3 Å². The first-order valence-corrected chi connectivity index (χ1v) is 5.95. The maximum absolute atomic E-state index is 10.8. The molecule has 1 aromatic rings. The maximum atomic E-state index is 10.8. The summed E-state index contributed by atoms with van der Waals surface area (Å²) >= 11 is 0. The summed E-state index contributed by atoms with van der Waals surface area (Å²) in [5.41, 5.74) is 0.810. The average molecular weight is 248 g/mol. The summed E-state index contributed by atoms with van der Waals surface area (Å²) < 4.78 is 5.44. The van der Waals surface area contributed by atoms with Crippen LogP contribution in [0.1, 0.15) is 18.9 Å². The smallest absolute Gasteiger partial charge is 0.344 e. The van der Waals surface area contributed by atoms with Crippen molar-refractivity contribution < 1.29 is 14.6 Å². The van der Waals surface area contributed by atoms with E-state index in [-0.39, 0.29) is 0 Å². The lowest BCUT2D eigenvalue weighted by Gasteiger charge is -2.19. The normalized spacial score (nSPS) is 16.4. The van der Waals surface area contributed by atoms with Crippen LogP contribution in [0.3, 0.4) is 0 Å². The van der Waals surface area contributed by atoms with Gasteiger partial charge < -0.3 is 15.2 Å². The molecular formula is C13H16N2O3. The third kappa shape index (κ3) is 2.80. The van der Waals surface area contributed by atoms with E-state index in [0.29, 0.717) is 5.75 Å². The van der Waals surface area contributed by atoms with Crippen LogP contribution in [0.15, 0.2) is 29.3 Å². The number of nitrogens with one attached hydrogen (secondary N) is 1. The van der Waals surface area contributed by atoms with Crippen molar-refractivity contribution in [2.45, 2.75) is 19.4 Å². The van der Waals surface area contributed by atoms with Crippen LogP contribution in [0, 0.1) is 0 Å². The highest BCUT2D eigenvalue weighted by Gasteiger charge is 2.17. The summed E-state index contributed by atoms with van der Waals surface area (Å²) in [7, 11) is 0. The summed E-state index contributed by atoms with van der Waals surface area (Å²) in [5.74, 6) is 0.332. The molecule has 0 fully saturated rings. The number of para-hydroxylation sites is 1. The van der Waals surface area contributed by atoms with E-state index in [0.717, 1.165) is 30.9 Å². The average Bonchev–Trinajstić information content (AvgIpc) is 2.40. The van der Waals surface area contributed by atoms with Gasteiger partial charge in [0.15, 0.2) is 6.10 Å². The topological polar surface area (TPSA) is 70.9 Å². The minimum absolute atomic E-state index is 0.542. The van der Waals surface area contributed by atoms with Crippen molar-refractivity contribution in [3.05, 3.63) is 29.8 Å². The predicted octanol–water partition coefficient (Wildman–Crippen LogP) is 1.28. The minimum atomic E-state index is -0.983. The summed E-state index contributed by atoms with van der Waals surface area (Å²) in [6.07, 6.45) is 0.133. The van der Waals surface area contributed by atoms with Crippen LogP contribution in [-0.4, -0.2) is 36.1 Å². The second-order valence-electron chi connectivity index (χ2n) is 4.11. The molecule has 2 N–H and O–H groups in total. The number of carboxylic acids is 1. The Bertz CT molecular complexity index is 471. The van der Waals surface area contributed by atoms with Gasteiger partial charge in [-0.1, -0.05) is 12.1 Å². The van der Waals surface area contributed by atoms with E-state index < -0.39 is 12.1 Å². The molecular weight excluding hydrogens is 232 g/mol. The number of ether oxygens (including phenoxy) is 1. The summed E-state index contributed by atoms with van der Waals surface area (Å²) in [6, 6.07) is 7.33. The zero-order chi connectivity index (χ0) is 13.0. The molecule has 0 saturated heterocycles. The predicted molar refractivity (Wildman–Crippen MR) is 68.2 cm³/mol. The Labute approximate surface area is 105 Å². The van der Waals surface area contributed by atoms with Crippen molar-refractivity contribution >= 4 is 11.8 Å². The monoisotopic (exact) mass is 248 g/mol. The molecule has 1 aromatic carbocycles. The quantitative estimate of drug-likeness (QED) is 0.842. The molecule has 1 aliphatic heterocycles. The number of carbonyl (C=O) groups is 1. The second kappa shape index (κ2) is 5.53. The lowest BCUT2D eigenvalue weighted by Crippen LogP contribution is -2.31. The molecule has 0 radical (unpaired) electrons. The highest BCUT2D eigenvalue weighted by Crippen LogP contribution is 2.20. The summed E-state index contributed by atoms with van der Waals surface area (Å²) in [5, 5.41) is 12.1. The third-order valence-corrected chi connectivity index (χ3v) is 2.69. The fraction of sp³-hybridized carbons (Fsp3) is 0.385. The number of hydrogen-bond donors (Lipinski definition) is 2. The van der Waals surface area contributed by atoms with Gasteiger partial charge in [0.2, 0.25) is 0 Å². The Hall–Kier alpha value is -2.04. The second-order valence-corrected chi connectivity index (χ2v) is 4.11. The van der Waals surface area contributed by atoms with Crippen molar-refractivity contribution in [1.29, 1.82) is 0 Å². The number of rotatable bonds is 4. The third-order valence-electron chi connectivity index (χ3n) is 2.69. The number of aliphatic imine (C=N–C) groups is 1. The molecule has 1 aliphatic rings. The van der Waals surface area contributed by atoms with Crippen molar-refractivity contribution in [2.75, 3.05) is 13.1 Å². The van der Waals surface area contributed by atoms with Gasteiger partial charge >= 0.3 is 5.97 Å². The highest BCUT2D eigenvalue weighted by molar-refractivity contribution is 6.01. The Kier molecular flexibility index (Phi) is 3.82. The molecule has 96 valence electrons. The fourth-order valence-corrected chi connectivity index (χ4v) is 1.72. The molecule has 1 heterocycles. The van der Waals surface area contributed by atoms with E-state index in [1.165, 1.54) is 6.92 Å². The van der Waals surface area contributed by atoms with E-state index in [4.69, 9.17) is 9.84 Å². The molecule has 1 atom stereocenters. The van der Waals surface area contributed by atoms with Crippen molar-refractivity contribution in [2.24, 2.45) is 4.99 Å². The van der Waals surface area contributed by atoms with Gasteiger partial charge in [0.1, 0.15) is 11.6 Å². The molecule has 1 unspecified atom stereocenters. The molecule has 0 amide bonds. The van der Waals surface area contributed by atoms with Gasteiger partial charge in [0.25, 0.3) is 0 Å². The van der Waals surface area contributed by atoms with Crippen LogP contribution >= 0.6 is 0 Å².